The van der Waals surface area contributed by atoms with E-state index in [1.54, 1.807) is 50.4 Å². The molecule has 36 heavy (non-hydrogen) atoms. The number of nitrogens with one attached hydrogen (secondary N) is 1. The molecule has 2 unspecified atom stereocenters. The first-order valence-corrected chi connectivity index (χ1v) is 12.1. The van der Waals surface area contributed by atoms with Gasteiger partial charge in [0.2, 0.25) is 5.91 Å². The topological polar surface area (TPSA) is 67.9 Å². The number of fused-ring (bicyclic) bond motifs is 1. The smallest absolute Gasteiger partial charge is 0.265 e. The minimum Gasteiger partial charge on any atom is -0.497 e. The molecule has 0 aliphatic carbocycles. The fourth-order valence-electron chi connectivity index (χ4n) is 4.42. The van der Waals surface area contributed by atoms with Gasteiger partial charge in [0.25, 0.3) is 5.91 Å². The Morgan fingerprint density at radius 1 is 0.972 bits per heavy atom. The van der Waals surface area contributed by atoms with E-state index in [0.29, 0.717) is 30.2 Å². The first-order chi connectivity index (χ1) is 17.3. The summed E-state index contributed by atoms with van der Waals surface area (Å²) in [4.78, 5) is 27.7. The fraction of sp³-hybridized carbons (Fsp3) is 0.310. The van der Waals surface area contributed by atoms with Crippen molar-refractivity contribution in [2.75, 3.05) is 19.0 Å². The lowest BCUT2D eigenvalue weighted by Crippen LogP contribution is -2.42. The minimum atomic E-state index is -0.758. The van der Waals surface area contributed by atoms with Crippen molar-refractivity contribution in [3.63, 3.8) is 0 Å². The zero-order chi connectivity index (χ0) is 25.8. The largest absolute Gasteiger partial charge is 0.497 e. The Labute approximate surface area is 211 Å². The number of hydrogen-bond acceptors (Lipinski definition) is 4. The number of benzene rings is 3. The summed E-state index contributed by atoms with van der Waals surface area (Å²) < 4.78 is 24.8. The van der Waals surface area contributed by atoms with Crippen LogP contribution in [0.4, 0.5) is 10.1 Å². The Bertz CT molecular complexity index is 1230. The second-order valence-corrected chi connectivity index (χ2v) is 9.23. The average Bonchev–Trinajstić information content (AvgIpc) is 2.88. The van der Waals surface area contributed by atoms with Crippen molar-refractivity contribution >= 4 is 17.5 Å². The number of amides is 2. The van der Waals surface area contributed by atoms with Crippen molar-refractivity contribution in [1.82, 2.24) is 4.90 Å². The molecule has 188 valence electrons. The van der Waals surface area contributed by atoms with E-state index in [2.05, 4.69) is 5.32 Å². The van der Waals surface area contributed by atoms with Crippen molar-refractivity contribution in [3.05, 3.63) is 89.2 Å². The highest BCUT2D eigenvalue weighted by atomic mass is 19.1. The molecule has 0 bridgehead atoms. The van der Waals surface area contributed by atoms with Gasteiger partial charge in [-0.15, -0.1) is 0 Å². The lowest BCUT2D eigenvalue weighted by molar-refractivity contribution is -0.136. The van der Waals surface area contributed by atoms with Gasteiger partial charge in [-0.25, -0.2) is 4.39 Å². The van der Waals surface area contributed by atoms with Crippen LogP contribution in [0.2, 0.25) is 0 Å². The molecule has 3 aromatic rings. The zero-order valence-electron chi connectivity index (χ0n) is 21.0. The molecule has 0 radical (unpaired) electrons. The summed E-state index contributed by atoms with van der Waals surface area (Å²) in [6, 6.07) is 18.7. The third kappa shape index (κ3) is 5.51. The average molecular weight is 491 g/mol. The summed E-state index contributed by atoms with van der Waals surface area (Å²) in [7, 11) is 1.58. The maximum atomic E-state index is 13.7. The van der Waals surface area contributed by atoms with Crippen molar-refractivity contribution < 1.29 is 23.5 Å². The van der Waals surface area contributed by atoms with Crippen LogP contribution in [0.15, 0.2) is 66.7 Å². The van der Waals surface area contributed by atoms with Crippen LogP contribution < -0.4 is 14.8 Å². The lowest BCUT2D eigenvalue weighted by atomic mass is 9.87. The van der Waals surface area contributed by atoms with Gasteiger partial charge in [-0.2, -0.15) is 0 Å². The van der Waals surface area contributed by atoms with E-state index in [1.165, 1.54) is 12.1 Å². The number of nitrogens with zero attached hydrogens (tertiary/aromatic N) is 1. The number of carbonyl (C=O) groups is 2. The Balaban J connectivity index is 1.58. The monoisotopic (exact) mass is 490 g/mol. The second kappa shape index (κ2) is 10.8. The van der Waals surface area contributed by atoms with Gasteiger partial charge in [0.05, 0.1) is 13.2 Å². The van der Waals surface area contributed by atoms with Crippen LogP contribution in [0.1, 0.15) is 43.5 Å². The summed E-state index contributed by atoms with van der Waals surface area (Å²) >= 11 is 0. The van der Waals surface area contributed by atoms with Gasteiger partial charge in [0.15, 0.2) is 6.10 Å². The molecule has 2 amide bonds. The summed E-state index contributed by atoms with van der Waals surface area (Å²) in [5.74, 6) is 0.475. The number of halogens is 1. The second-order valence-electron chi connectivity index (χ2n) is 9.23. The van der Waals surface area contributed by atoms with Crippen LogP contribution in [0, 0.1) is 11.7 Å². The minimum absolute atomic E-state index is 0.0357. The molecule has 1 heterocycles. The van der Waals surface area contributed by atoms with Gasteiger partial charge < -0.3 is 19.7 Å². The van der Waals surface area contributed by atoms with Crippen LogP contribution in [-0.2, 0) is 16.0 Å². The van der Waals surface area contributed by atoms with Gasteiger partial charge in [0, 0.05) is 18.2 Å². The van der Waals surface area contributed by atoms with Crippen LogP contribution in [-0.4, -0.2) is 36.5 Å². The molecule has 1 aliphatic heterocycles. The Kier molecular flexibility index (Phi) is 7.58. The van der Waals surface area contributed by atoms with E-state index in [4.69, 9.17) is 9.47 Å². The normalized spacial score (nSPS) is 15.7. The third-order valence-electron chi connectivity index (χ3n) is 6.35. The Morgan fingerprint density at radius 3 is 2.28 bits per heavy atom. The Morgan fingerprint density at radius 2 is 1.64 bits per heavy atom. The highest BCUT2D eigenvalue weighted by Crippen LogP contribution is 2.38. The summed E-state index contributed by atoms with van der Waals surface area (Å²) in [6.07, 6.45) is -0.0503. The first-order valence-electron chi connectivity index (χ1n) is 12.1. The summed E-state index contributed by atoms with van der Waals surface area (Å²) in [6.45, 7) is 6.02. The van der Waals surface area contributed by atoms with Crippen LogP contribution >= 0.6 is 0 Å². The van der Waals surface area contributed by atoms with Crippen LogP contribution in [0.25, 0.3) is 0 Å². The molecule has 6 nitrogen and oxygen atoms in total. The molecule has 7 heteroatoms. The highest BCUT2D eigenvalue weighted by molar-refractivity contribution is 5.94. The summed E-state index contributed by atoms with van der Waals surface area (Å²) in [5.41, 5.74) is 3.48. The molecule has 1 aliphatic rings. The van der Waals surface area contributed by atoms with E-state index in [0.717, 1.165) is 16.7 Å². The van der Waals surface area contributed by atoms with Crippen molar-refractivity contribution in [2.45, 2.75) is 39.3 Å². The van der Waals surface area contributed by atoms with Crippen LogP contribution in [0.5, 0.6) is 11.5 Å². The maximum Gasteiger partial charge on any atom is 0.265 e. The predicted molar refractivity (Wildman–Crippen MR) is 137 cm³/mol. The fourth-order valence-corrected chi connectivity index (χ4v) is 4.42. The number of carbonyl (C=O) groups excluding carboxylic acids is 2. The van der Waals surface area contributed by atoms with E-state index in [-0.39, 0.29) is 29.6 Å². The number of methoxy groups -OCH3 is 1. The number of hydrogen-bond donors (Lipinski definition) is 1. The van der Waals surface area contributed by atoms with Crippen molar-refractivity contribution in [2.24, 2.45) is 5.92 Å². The molecule has 0 saturated heterocycles. The van der Waals surface area contributed by atoms with Gasteiger partial charge in [-0.05, 0) is 78.6 Å². The van der Waals surface area contributed by atoms with Crippen molar-refractivity contribution in [3.8, 4) is 11.5 Å². The first kappa shape index (κ1) is 25.2. The SMILES string of the molecule is COc1ccc(NC(=O)C(C)Oc2ccc3c(c2)C(c2ccc(F)cc2)N(C(=O)C(C)C)CC3)cc1. The predicted octanol–water partition coefficient (Wildman–Crippen LogP) is 5.37. The molecule has 1 N–H and O–H groups in total. The molecule has 4 rings (SSSR count). The van der Waals surface area contributed by atoms with Crippen molar-refractivity contribution in [1.29, 1.82) is 0 Å². The highest BCUT2D eigenvalue weighted by Gasteiger charge is 2.33. The third-order valence-corrected chi connectivity index (χ3v) is 6.35. The van der Waals surface area contributed by atoms with E-state index in [9.17, 15) is 14.0 Å². The zero-order valence-corrected chi connectivity index (χ0v) is 21.0. The molecule has 0 saturated carbocycles. The van der Waals surface area contributed by atoms with E-state index in [1.807, 2.05) is 36.9 Å². The molecular weight excluding hydrogens is 459 g/mol. The lowest BCUT2D eigenvalue weighted by Gasteiger charge is -2.39. The van der Waals surface area contributed by atoms with Gasteiger partial charge in [-0.3, -0.25) is 9.59 Å². The molecule has 0 aromatic heterocycles. The molecular formula is C29H31FN2O4. The Hall–Kier alpha value is -3.87. The number of anilines is 1. The molecule has 3 aromatic carbocycles. The quantitative estimate of drug-likeness (QED) is 0.484. The van der Waals surface area contributed by atoms with E-state index < -0.39 is 6.10 Å². The molecule has 0 fully saturated rings. The standard InChI is InChI=1S/C29H31FN2O4/c1-18(2)29(34)32-16-15-20-7-12-25(17-26(20)27(32)21-5-8-22(30)9-6-21)36-19(3)28(33)31-23-10-13-24(35-4)14-11-23/h5-14,17-19,27H,15-16H2,1-4H3,(H,31,33). The molecule has 0 spiro atoms. The maximum absolute atomic E-state index is 13.7. The van der Waals surface area contributed by atoms with E-state index >= 15 is 0 Å². The van der Waals surface area contributed by atoms with Crippen LogP contribution in [0.3, 0.4) is 0 Å². The van der Waals surface area contributed by atoms with Gasteiger partial charge >= 0.3 is 0 Å². The number of rotatable bonds is 7. The summed E-state index contributed by atoms with van der Waals surface area (Å²) in [5, 5.41) is 2.84. The van der Waals surface area contributed by atoms with Gasteiger partial charge in [-0.1, -0.05) is 32.0 Å². The number of ether oxygens (including phenoxy) is 2. The molecule has 2 atom stereocenters. The van der Waals surface area contributed by atoms with Gasteiger partial charge in [0.1, 0.15) is 17.3 Å².